The van der Waals surface area contributed by atoms with Gasteiger partial charge >= 0.3 is 0 Å². The van der Waals surface area contributed by atoms with Gasteiger partial charge in [-0.15, -0.1) is 0 Å². The van der Waals surface area contributed by atoms with Crippen LogP contribution in [-0.4, -0.2) is 12.4 Å². The second kappa shape index (κ2) is 5.97. The number of carbonyl (C=O) groups excluding carboxylic acids is 1. The quantitative estimate of drug-likeness (QED) is 0.788. The van der Waals surface area contributed by atoms with Crippen LogP contribution in [0, 0.1) is 5.82 Å². The molecule has 98 valence electrons. The van der Waals surface area contributed by atoms with E-state index >= 15 is 0 Å². The summed E-state index contributed by atoms with van der Waals surface area (Å²) in [4.78, 5) is 12.4. The van der Waals surface area contributed by atoms with E-state index in [-0.39, 0.29) is 11.6 Å². The third-order valence-corrected chi connectivity index (χ3v) is 3.26. The molecule has 0 aromatic heterocycles. The Morgan fingerprint density at radius 2 is 1.95 bits per heavy atom. The highest BCUT2D eigenvalue weighted by molar-refractivity contribution is 9.10. The third-order valence-electron chi connectivity index (χ3n) is 2.61. The van der Waals surface area contributed by atoms with Crippen LogP contribution in [0.1, 0.15) is 22.8 Å². The van der Waals surface area contributed by atoms with Gasteiger partial charge in [-0.2, -0.15) is 0 Å². The fourth-order valence-electron chi connectivity index (χ4n) is 1.75. The molecule has 0 N–H and O–H groups in total. The van der Waals surface area contributed by atoms with Gasteiger partial charge in [-0.1, -0.05) is 12.1 Å². The van der Waals surface area contributed by atoms with Crippen LogP contribution in [0.5, 0.6) is 5.75 Å². The summed E-state index contributed by atoms with van der Waals surface area (Å²) < 4.78 is 18.9. The first-order valence-electron chi connectivity index (χ1n) is 5.85. The molecule has 0 aliphatic rings. The highest BCUT2D eigenvalue weighted by Crippen LogP contribution is 2.26. The molecule has 0 heterocycles. The fourth-order valence-corrected chi connectivity index (χ4v) is 2.29. The van der Waals surface area contributed by atoms with E-state index in [1.807, 2.05) is 13.0 Å². The first kappa shape index (κ1) is 13.7. The van der Waals surface area contributed by atoms with Gasteiger partial charge in [-0.3, -0.25) is 4.79 Å². The SMILES string of the molecule is CCOc1ccccc1C(=O)c1ccc(F)cc1Br. The molecule has 2 aromatic rings. The third kappa shape index (κ3) is 3.01. The maximum Gasteiger partial charge on any atom is 0.197 e. The summed E-state index contributed by atoms with van der Waals surface area (Å²) in [5.41, 5.74) is 0.880. The molecule has 2 nitrogen and oxygen atoms in total. The van der Waals surface area contributed by atoms with Crippen LogP contribution in [0.25, 0.3) is 0 Å². The lowest BCUT2D eigenvalue weighted by atomic mass is 10.0. The molecular weight excluding hydrogens is 311 g/mol. The lowest BCUT2D eigenvalue weighted by molar-refractivity contribution is 0.103. The van der Waals surface area contributed by atoms with Crippen LogP contribution in [0.4, 0.5) is 4.39 Å². The number of halogens is 2. The van der Waals surface area contributed by atoms with E-state index in [9.17, 15) is 9.18 Å². The second-order valence-electron chi connectivity index (χ2n) is 3.88. The van der Waals surface area contributed by atoms with Crippen LogP contribution in [0.3, 0.4) is 0 Å². The zero-order valence-electron chi connectivity index (χ0n) is 10.3. The van der Waals surface area contributed by atoms with Crippen LogP contribution < -0.4 is 4.74 Å². The van der Waals surface area contributed by atoms with Crippen molar-refractivity contribution in [3.05, 3.63) is 63.9 Å². The summed E-state index contributed by atoms with van der Waals surface area (Å²) in [7, 11) is 0. The van der Waals surface area contributed by atoms with Crippen molar-refractivity contribution in [3.8, 4) is 5.75 Å². The van der Waals surface area contributed by atoms with Gasteiger partial charge in [0.15, 0.2) is 5.78 Å². The minimum absolute atomic E-state index is 0.198. The van der Waals surface area contributed by atoms with E-state index in [4.69, 9.17) is 4.74 Å². The number of carbonyl (C=O) groups is 1. The number of hydrogen-bond donors (Lipinski definition) is 0. The van der Waals surface area contributed by atoms with Gasteiger partial charge < -0.3 is 4.74 Å². The van der Waals surface area contributed by atoms with Crippen LogP contribution >= 0.6 is 15.9 Å². The highest BCUT2D eigenvalue weighted by Gasteiger charge is 2.17. The maximum atomic E-state index is 13.0. The first-order chi connectivity index (χ1) is 9.13. The summed E-state index contributed by atoms with van der Waals surface area (Å²) in [6.45, 7) is 2.34. The Hall–Kier alpha value is -1.68. The summed E-state index contributed by atoms with van der Waals surface area (Å²) >= 11 is 3.21. The van der Waals surface area contributed by atoms with Crippen LogP contribution in [-0.2, 0) is 0 Å². The fraction of sp³-hybridized carbons (Fsp3) is 0.133. The van der Waals surface area contributed by atoms with E-state index in [0.717, 1.165) is 0 Å². The molecule has 0 fully saturated rings. The van der Waals surface area contributed by atoms with Crippen LogP contribution in [0.15, 0.2) is 46.9 Å². The lowest BCUT2D eigenvalue weighted by Crippen LogP contribution is -2.06. The van der Waals surface area contributed by atoms with Crippen molar-refractivity contribution in [2.45, 2.75) is 6.92 Å². The van der Waals surface area contributed by atoms with Gasteiger partial charge in [0.2, 0.25) is 0 Å². The van der Waals surface area contributed by atoms with Crippen LogP contribution in [0.2, 0.25) is 0 Å². The largest absolute Gasteiger partial charge is 0.493 e. The van der Waals surface area contributed by atoms with Crippen molar-refractivity contribution in [1.29, 1.82) is 0 Å². The minimum atomic E-state index is -0.387. The molecule has 2 rings (SSSR count). The lowest BCUT2D eigenvalue weighted by Gasteiger charge is -2.10. The maximum absolute atomic E-state index is 13.0. The van der Waals surface area contributed by atoms with Crippen molar-refractivity contribution in [1.82, 2.24) is 0 Å². The minimum Gasteiger partial charge on any atom is -0.493 e. The molecular formula is C15H12BrFO2. The van der Waals surface area contributed by atoms with Crippen molar-refractivity contribution in [2.24, 2.45) is 0 Å². The molecule has 0 atom stereocenters. The predicted octanol–water partition coefficient (Wildman–Crippen LogP) is 4.22. The van der Waals surface area contributed by atoms with Gasteiger partial charge in [0.1, 0.15) is 11.6 Å². The van der Waals surface area contributed by atoms with E-state index in [0.29, 0.717) is 28.0 Å². The number of benzene rings is 2. The van der Waals surface area contributed by atoms with Crippen molar-refractivity contribution < 1.29 is 13.9 Å². The number of hydrogen-bond acceptors (Lipinski definition) is 2. The van der Waals surface area contributed by atoms with Gasteiger partial charge in [0.05, 0.1) is 12.2 Å². The topological polar surface area (TPSA) is 26.3 Å². The van der Waals surface area contributed by atoms with Gasteiger partial charge in [0.25, 0.3) is 0 Å². The molecule has 0 spiro atoms. The molecule has 2 aromatic carbocycles. The molecule has 0 amide bonds. The number of para-hydroxylation sites is 1. The Kier molecular flexibility index (Phi) is 4.32. The highest BCUT2D eigenvalue weighted by atomic mass is 79.9. The Labute approximate surface area is 119 Å². The molecule has 19 heavy (non-hydrogen) atoms. The number of rotatable bonds is 4. The molecule has 0 saturated heterocycles. The predicted molar refractivity (Wildman–Crippen MR) is 75.1 cm³/mol. The van der Waals surface area contributed by atoms with E-state index in [2.05, 4.69) is 15.9 Å². The Bertz CT molecular complexity index is 611. The average molecular weight is 323 g/mol. The monoisotopic (exact) mass is 322 g/mol. The molecule has 4 heteroatoms. The summed E-state index contributed by atoms with van der Waals surface area (Å²) in [5, 5.41) is 0. The molecule has 0 unspecified atom stereocenters. The van der Waals surface area contributed by atoms with E-state index in [1.165, 1.54) is 18.2 Å². The zero-order chi connectivity index (χ0) is 13.8. The number of ether oxygens (including phenoxy) is 1. The van der Waals surface area contributed by atoms with E-state index < -0.39 is 0 Å². The zero-order valence-corrected chi connectivity index (χ0v) is 11.9. The molecule has 0 saturated carbocycles. The van der Waals surface area contributed by atoms with Crippen molar-refractivity contribution in [3.63, 3.8) is 0 Å². The smallest absolute Gasteiger partial charge is 0.197 e. The van der Waals surface area contributed by atoms with Crippen molar-refractivity contribution in [2.75, 3.05) is 6.61 Å². The molecule has 0 aliphatic heterocycles. The molecule has 0 radical (unpaired) electrons. The van der Waals surface area contributed by atoms with Gasteiger partial charge in [-0.25, -0.2) is 4.39 Å². The van der Waals surface area contributed by atoms with Gasteiger partial charge in [0, 0.05) is 10.0 Å². The standard InChI is InChI=1S/C15H12BrFO2/c1-2-19-14-6-4-3-5-12(14)15(18)11-8-7-10(17)9-13(11)16/h3-9H,2H2,1H3. The molecule has 0 aliphatic carbocycles. The number of ketones is 1. The molecule has 0 bridgehead atoms. The summed E-state index contributed by atoms with van der Waals surface area (Å²) in [6.07, 6.45) is 0. The Balaban J connectivity index is 2.44. The average Bonchev–Trinajstić information content (AvgIpc) is 2.39. The normalized spacial score (nSPS) is 10.3. The van der Waals surface area contributed by atoms with E-state index in [1.54, 1.807) is 18.2 Å². The second-order valence-corrected chi connectivity index (χ2v) is 4.74. The Morgan fingerprint density at radius 1 is 1.21 bits per heavy atom. The summed E-state index contributed by atoms with van der Waals surface area (Å²) in [5.74, 6) is -0.0522. The van der Waals surface area contributed by atoms with Gasteiger partial charge in [-0.05, 0) is 53.2 Å². The van der Waals surface area contributed by atoms with Crippen molar-refractivity contribution >= 4 is 21.7 Å². The summed E-state index contributed by atoms with van der Waals surface area (Å²) in [6, 6.07) is 11.0. The first-order valence-corrected chi connectivity index (χ1v) is 6.64. The Morgan fingerprint density at radius 3 is 2.63 bits per heavy atom.